The molecule has 1 aromatic carbocycles. The van der Waals surface area contributed by atoms with E-state index in [1.165, 1.54) is 18.4 Å². The van der Waals surface area contributed by atoms with Gasteiger partial charge in [-0.1, -0.05) is 25.5 Å². The van der Waals surface area contributed by atoms with Gasteiger partial charge < -0.3 is 14.6 Å². The largest absolute Gasteiger partial charge is 0.465 e. The first-order valence-electron chi connectivity index (χ1n) is 11.4. The summed E-state index contributed by atoms with van der Waals surface area (Å²) in [6.45, 7) is 2.49. The summed E-state index contributed by atoms with van der Waals surface area (Å²) in [5.74, 6) is -0.547. The summed E-state index contributed by atoms with van der Waals surface area (Å²) in [7, 11) is 1.34. The molecule has 2 amide bonds. The van der Waals surface area contributed by atoms with Crippen LogP contribution in [0.5, 0.6) is 0 Å². The van der Waals surface area contributed by atoms with Crippen LogP contribution < -0.4 is 10.8 Å². The molecule has 0 aliphatic rings. The first-order valence-corrected chi connectivity index (χ1v) is 12.4. The Morgan fingerprint density at radius 2 is 1.94 bits per heavy atom. The molecule has 186 valence electrons. The van der Waals surface area contributed by atoms with E-state index in [-0.39, 0.29) is 12.3 Å². The average molecular weight is 499 g/mol. The number of nitrogens with one attached hydrogen (secondary N) is 2. The molecule has 0 bridgehead atoms. The molecular formula is C25H30N4O5S. The van der Waals surface area contributed by atoms with Crippen molar-refractivity contribution in [1.29, 1.82) is 0 Å². The van der Waals surface area contributed by atoms with Crippen molar-refractivity contribution >= 4 is 29.1 Å². The molecule has 0 radical (unpaired) electrons. The van der Waals surface area contributed by atoms with Gasteiger partial charge in [-0.3, -0.25) is 14.8 Å². The van der Waals surface area contributed by atoms with Crippen molar-refractivity contribution in [2.45, 2.75) is 51.6 Å². The maximum Gasteiger partial charge on any atom is 0.337 e. The monoisotopic (exact) mass is 498 g/mol. The lowest BCUT2D eigenvalue weighted by Gasteiger charge is -2.19. The predicted octanol–water partition coefficient (Wildman–Crippen LogP) is 3.36. The second-order valence-electron chi connectivity index (χ2n) is 8.18. The molecule has 3 N–H and O–H groups in total. The molecule has 0 saturated carbocycles. The van der Waals surface area contributed by atoms with Gasteiger partial charge in [-0.15, -0.1) is 0 Å². The van der Waals surface area contributed by atoms with E-state index in [1.54, 1.807) is 23.8 Å². The highest BCUT2D eigenvalue weighted by Gasteiger charge is 2.22. The lowest BCUT2D eigenvalue weighted by Crippen LogP contribution is -2.40. The minimum absolute atomic E-state index is 0.0656. The third-order valence-corrected chi connectivity index (χ3v) is 6.33. The number of benzene rings is 1. The van der Waals surface area contributed by atoms with Crippen molar-refractivity contribution in [2.75, 3.05) is 7.11 Å². The zero-order chi connectivity index (χ0) is 25.2. The molecule has 0 aliphatic carbocycles. The van der Waals surface area contributed by atoms with Gasteiger partial charge in [-0.25, -0.2) is 15.3 Å². The molecule has 10 heteroatoms. The summed E-state index contributed by atoms with van der Waals surface area (Å²) >= 11 is 1.53. The van der Waals surface area contributed by atoms with Gasteiger partial charge in [0.05, 0.1) is 18.9 Å². The first kappa shape index (κ1) is 26.1. The second kappa shape index (κ2) is 12.8. The van der Waals surface area contributed by atoms with Gasteiger partial charge in [0.15, 0.2) is 0 Å². The number of carbonyl (C=O) groups is 3. The number of nitrogens with zero attached hydrogens (tertiary/aromatic N) is 2. The van der Waals surface area contributed by atoms with E-state index in [0.29, 0.717) is 24.2 Å². The molecule has 3 aromatic rings. The Kier molecular flexibility index (Phi) is 9.56. The van der Waals surface area contributed by atoms with Crippen LogP contribution in [0.3, 0.4) is 0 Å². The Labute approximate surface area is 208 Å². The number of hydrogen-bond donors (Lipinski definition) is 3. The number of imidazole rings is 1. The molecule has 2 aromatic heterocycles. The Balaban J connectivity index is 1.83. The number of hydroxylamine groups is 1. The van der Waals surface area contributed by atoms with Crippen molar-refractivity contribution in [3.63, 3.8) is 0 Å². The topological polar surface area (TPSA) is 123 Å². The highest BCUT2D eigenvalue weighted by atomic mass is 32.1. The summed E-state index contributed by atoms with van der Waals surface area (Å²) in [6.07, 6.45) is 4.57. The predicted molar refractivity (Wildman–Crippen MR) is 132 cm³/mol. The lowest BCUT2D eigenvalue weighted by atomic mass is 10.1. The number of ether oxygens (including phenoxy) is 1. The quantitative estimate of drug-likeness (QED) is 0.200. The van der Waals surface area contributed by atoms with E-state index >= 15 is 0 Å². The van der Waals surface area contributed by atoms with Gasteiger partial charge in [0.1, 0.15) is 11.5 Å². The number of thiophene rings is 1. The maximum atomic E-state index is 13.3. The third-order valence-electron chi connectivity index (χ3n) is 5.59. The van der Waals surface area contributed by atoms with Crippen LogP contribution in [-0.4, -0.2) is 45.7 Å². The average Bonchev–Trinajstić information content (AvgIpc) is 3.52. The highest BCUT2D eigenvalue weighted by molar-refractivity contribution is 7.07. The number of rotatable bonds is 12. The van der Waals surface area contributed by atoms with Gasteiger partial charge in [-0.2, -0.15) is 11.3 Å². The smallest absolute Gasteiger partial charge is 0.337 e. The first-order chi connectivity index (χ1) is 16.9. The van der Waals surface area contributed by atoms with E-state index in [0.717, 1.165) is 36.2 Å². The van der Waals surface area contributed by atoms with Crippen molar-refractivity contribution in [3.05, 3.63) is 75.5 Å². The molecule has 0 saturated heterocycles. The van der Waals surface area contributed by atoms with Crippen LogP contribution in [-0.2, 0) is 28.9 Å². The van der Waals surface area contributed by atoms with Crippen molar-refractivity contribution in [3.8, 4) is 0 Å². The number of aryl methyl sites for hydroxylation is 1. The number of esters is 1. The summed E-state index contributed by atoms with van der Waals surface area (Å²) in [5.41, 5.74) is 4.36. The molecule has 1 unspecified atom stereocenters. The van der Waals surface area contributed by atoms with E-state index in [9.17, 15) is 14.4 Å². The third kappa shape index (κ3) is 7.24. The van der Waals surface area contributed by atoms with Crippen LogP contribution >= 0.6 is 11.3 Å². The van der Waals surface area contributed by atoms with Gasteiger partial charge in [0.2, 0.25) is 5.91 Å². The minimum Gasteiger partial charge on any atom is -0.465 e. The van der Waals surface area contributed by atoms with Crippen molar-refractivity contribution in [1.82, 2.24) is 20.3 Å². The molecule has 3 rings (SSSR count). The molecule has 0 fully saturated rings. The van der Waals surface area contributed by atoms with E-state index in [1.807, 2.05) is 33.5 Å². The van der Waals surface area contributed by atoms with Crippen molar-refractivity contribution < 1.29 is 24.3 Å². The van der Waals surface area contributed by atoms with Gasteiger partial charge in [-0.05, 0) is 52.9 Å². The van der Waals surface area contributed by atoms with E-state index in [2.05, 4.69) is 17.2 Å². The van der Waals surface area contributed by atoms with Crippen molar-refractivity contribution in [2.24, 2.45) is 0 Å². The summed E-state index contributed by atoms with van der Waals surface area (Å²) in [5, 5.41) is 15.8. The van der Waals surface area contributed by atoms with Crippen LogP contribution in [0.1, 0.15) is 64.0 Å². The molecule has 9 nitrogen and oxygen atoms in total. The number of carbonyl (C=O) groups excluding carboxylic acids is 3. The van der Waals surface area contributed by atoms with E-state index < -0.39 is 17.9 Å². The number of methoxy groups -OCH3 is 1. The number of aromatic nitrogens is 2. The minimum atomic E-state index is -0.576. The standard InChI is InChI=1S/C25H30N4O5S/c1-3-4-5-22-26-14-21(29(22)15-17-6-8-19(9-7-17)25(32)34-2)24(31)27-20(13-23(30)28-33)12-18-10-11-35-16-18/h6-11,14,16,20,33H,3-5,12-13,15H2,1-2H3,(H,27,31)(H,28,30). The number of hydrogen-bond acceptors (Lipinski definition) is 7. The fraction of sp³-hybridized carbons (Fsp3) is 0.360. The fourth-order valence-electron chi connectivity index (χ4n) is 3.75. The Hall–Kier alpha value is -3.50. The number of unbranched alkanes of at least 4 members (excludes halogenated alkanes) is 1. The van der Waals surface area contributed by atoms with Crippen LogP contribution in [0.25, 0.3) is 0 Å². The van der Waals surface area contributed by atoms with Gasteiger partial charge in [0.25, 0.3) is 5.91 Å². The molecule has 1 atom stereocenters. The normalized spacial score (nSPS) is 11.6. The maximum absolute atomic E-state index is 13.3. The molecular weight excluding hydrogens is 468 g/mol. The Bertz CT molecular complexity index is 1130. The number of amides is 2. The lowest BCUT2D eigenvalue weighted by molar-refractivity contribution is -0.129. The summed E-state index contributed by atoms with van der Waals surface area (Å²) in [6, 6.07) is 8.45. The van der Waals surface area contributed by atoms with Crippen LogP contribution in [0.4, 0.5) is 0 Å². The molecule has 2 heterocycles. The second-order valence-corrected chi connectivity index (χ2v) is 8.96. The summed E-state index contributed by atoms with van der Waals surface area (Å²) in [4.78, 5) is 41.4. The Morgan fingerprint density at radius 1 is 1.17 bits per heavy atom. The van der Waals surface area contributed by atoms with Crippen LogP contribution in [0, 0.1) is 0 Å². The Morgan fingerprint density at radius 3 is 2.57 bits per heavy atom. The highest BCUT2D eigenvalue weighted by Crippen LogP contribution is 2.16. The van der Waals surface area contributed by atoms with Crippen LogP contribution in [0.2, 0.25) is 0 Å². The molecule has 35 heavy (non-hydrogen) atoms. The van der Waals surface area contributed by atoms with E-state index in [4.69, 9.17) is 9.94 Å². The van der Waals surface area contributed by atoms with Gasteiger partial charge in [0, 0.05) is 25.4 Å². The zero-order valence-corrected chi connectivity index (χ0v) is 20.6. The SMILES string of the molecule is CCCCc1ncc(C(=O)NC(CC(=O)NO)Cc2ccsc2)n1Cc1ccc(C(=O)OC)cc1. The fourth-order valence-corrected chi connectivity index (χ4v) is 4.43. The summed E-state index contributed by atoms with van der Waals surface area (Å²) < 4.78 is 6.62. The van der Waals surface area contributed by atoms with Gasteiger partial charge >= 0.3 is 5.97 Å². The van der Waals surface area contributed by atoms with Crippen LogP contribution in [0.15, 0.2) is 47.3 Å². The molecule has 0 spiro atoms. The molecule has 0 aliphatic heterocycles. The zero-order valence-electron chi connectivity index (χ0n) is 19.8.